The third-order valence-electron chi connectivity index (χ3n) is 3.40. The van der Waals surface area contributed by atoms with Crippen LogP contribution in [0.4, 0.5) is 0 Å². The van der Waals surface area contributed by atoms with Crippen molar-refractivity contribution in [2.45, 2.75) is 39.5 Å². The van der Waals surface area contributed by atoms with E-state index in [0.29, 0.717) is 13.0 Å². The average molecular weight is 258 g/mol. The van der Waals surface area contributed by atoms with Gasteiger partial charge in [-0.3, -0.25) is 4.79 Å². The Hall–Kier alpha value is -1.77. The van der Waals surface area contributed by atoms with Crippen molar-refractivity contribution in [1.29, 1.82) is 0 Å². The molecule has 1 amide bonds. The number of hydrogen-bond donors (Lipinski definition) is 2. The summed E-state index contributed by atoms with van der Waals surface area (Å²) in [5, 5.41) is 4.25. The lowest BCUT2D eigenvalue weighted by Gasteiger charge is -2.04. The predicted octanol–water partition coefficient (Wildman–Crippen LogP) is 3.33. The first-order valence-electron chi connectivity index (χ1n) is 7.04. The molecule has 3 nitrogen and oxygen atoms in total. The van der Waals surface area contributed by atoms with Gasteiger partial charge in [-0.15, -0.1) is 0 Å². The molecule has 1 heterocycles. The third-order valence-corrected chi connectivity index (χ3v) is 3.40. The number of fused-ring (bicyclic) bond motifs is 1. The Labute approximate surface area is 114 Å². The SMILES string of the molecule is CCCCC(=O)NCCc1c[nH]c2ccc(C)cc12. The van der Waals surface area contributed by atoms with Crippen LogP contribution in [-0.4, -0.2) is 17.4 Å². The molecule has 0 fully saturated rings. The number of nitrogens with one attached hydrogen (secondary N) is 2. The number of aryl methyl sites for hydroxylation is 1. The Morgan fingerprint density at radius 2 is 2.21 bits per heavy atom. The molecule has 0 saturated heterocycles. The van der Waals surface area contributed by atoms with Gasteiger partial charge in [-0.05, 0) is 37.5 Å². The van der Waals surface area contributed by atoms with E-state index in [2.05, 4.69) is 42.3 Å². The number of unbranched alkanes of at least 4 members (excludes halogenated alkanes) is 1. The van der Waals surface area contributed by atoms with Crippen molar-refractivity contribution in [3.05, 3.63) is 35.5 Å². The van der Waals surface area contributed by atoms with Gasteiger partial charge in [-0.25, -0.2) is 0 Å². The van der Waals surface area contributed by atoms with Gasteiger partial charge in [0.05, 0.1) is 0 Å². The molecule has 0 aliphatic heterocycles. The quantitative estimate of drug-likeness (QED) is 0.820. The predicted molar refractivity (Wildman–Crippen MR) is 79.3 cm³/mol. The molecule has 0 saturated carbocycles. The Kier molecular flexibility index (Phi) is 4.61. The van der Waals surface area contributed by atoms with Crippen molar-refractivity contribution in [3.8, 4) is 0 Å². The lowest BCUT2D eigenvalue weighted by Crippen LogP contribution is -2.25. The number of H-pyrrole nitrogens is 1. The first-order valence-corrected chi connectivity index (χ1v) is 7.04. The van der Waals surface area contributed by atoms with Gasteiger partial charge in [0, 0.05) is 30.1 Å². The molecule has 0 aliphatic rings. The highest BCUT2D eigenvalue weighted by atomic mass is 16.1. The fourth-order valence-corrected chi connectivity index (χ4v) is 2.26. The van der Waals surface area contributed by atoms with Crippen LogP contribution in [0.3, 0.4) is 0 Å². The van der Waals surface area contributed by atoms with Crippen molar-refractivity contribution in [2.75, 3.05) is 6.54 Å². The number of carbonyl (C=O) groups is 1. The van der Waals surface area contributed by atoms with Crippen LogP contribution in [0.25, 0.3) is 10.9 Å². The number of benzene rings is 1. The second kappa shape index (κ2) is 6.41. The molecule has 0 spiro atoms. The van der Waals surface area contributed by atoms with E-state index in [1.807, 2.05) is 6.20 Å². The normalized spacial score (nSPS) is 10.8. The fourth-order valence-electron chi connectivity index (χ4n) is 2.26. The van der Waals surface area contributed by atoms with Crippen molar-refractivity contribution in [1.82, 2.24) is 10.3 Å². The lowest BCUT2D eigenvalue weighted by atomic mass is 10.1. The van der Waals surface area contributed by atoms with Crippen molar-refractivity contribution in [2.24, 2.45) is 0 Å². The Morgan fingerprint density at radius 3 is 3.00 bits per heavy atom. The maximum Gasteiger partial charge on any atom is 0.220 e. The topological polar surface area (TPSA) is 44.9 Å². The van der Waals surface area contributed by atoms with Gasteiger partial charge in [-0.1, -0.05) is 25.0 Å². The monoisotopic (exact) mass is 258 g/mol. The second-order valence-electron chi connectivity index (χ2n) is 5.07. The van der Waals surface area contributed by atoms with E-state index in [9.17, 15) is 4.79 Å². The molecule has 0 bridgehead atoms. The van der Waals surface area contributed by atoms with Gasteiger partial charge in [0.25, 0.3) is 0 Å². The molecule has 102 valence electrons. The summed E-state index contributed by atoms with van der Waals surface area (Å²) >= 11 is 0. The summed E-state index contributed by atoms with van der Waals surface area (Å²) in [5.41, 5.74) is 3.70. The highest BCUT2D eigenvalue weighted by Crippen LogP contribution is 2.19. The van der Waals surface area contributed by atoms with Crippen LogP contribution >= 0.6 is 0 Å². The number of hydrogen-bond acceptors (Lipinski definition) is 1. The van der Waals surface area contributed by atoms with Crippen LogP contribution in [0.1, 0.15) is 37.3 Å². The molecular formula is C16H22N2O. The Morgan fingerprint density at radius 1 is 1.37 bits per heavy atom. The van der Waals surface area contributed by atoms with Gasteiger partial charge in [0.15, 0.2) is 0 Å². The Balaban J connectivity index is 1.91. The van der Waals surface area contributed by atoms with E-state index in [0.717, 1.165) is 24.8 Å². The highest BCUT2D eigenvalue weighted by molar-refractivity contribution is 5.84. The molecule has 2 aromatic rings. The van der Waals surface area contributed by atoms with Gasteiger partial charge >= 0.3 is 0 Å². The molecule has 0 aliphatic carbocycles. The van der Waals surface area contributed by atoms with E-state index >= 15 is 0 Å². The minimum Gasteiger partial charge on any atom is -0.361 e. The smallest absolute Gasteiger partial charge is 0.220 e. The fraction of sp³-hybridized carbons (Fsp3) is 0.438. The largest absolute Gasteiger partial charge is 0.361 e. The van der Waals surface area contributed by atoms with Crippen LogP contribution in [0, 0.1) is 6.92 Å². The molecule has 19 heavy (non-hydrogen) atoms. The van der Waals surface area contributed by atoms with E-state index in [1.54, 1.807) is 0 Å². The zero-order valence-corrected chi connectivity index (χ0v) is 11.8. The number of rotatable bonds is 6. The van der Waals surface area contributed by atoms with Crippen LogP contribution in [0.2, 0.25) is 0 Å². The van der Waals surface area contributed by atoms with Crippen LogP contribution in [-0.2, 0) is 11.2 Å². The molecule has 0 atom stereocenters. The van der Waals surface area contributed by atoms with Gasteiger partial charge < -0.3 is 10.3 Å². The number of aromatic amines is 1. The maximum absolute atomic E-state index is 11.5. The summed E-state index contributed by atoms with van der Waals surface area (Å²) in [5.74, 6) is 0.165. The van der Waals surface area contributed by atoms with Gasteiger partial charge in [0.1, 0.15) is 0 Å². The molecule has 1 aromatic heterocycles. The first-order chi connectivity index (χ1) is 9.20. The standard InChI is InChI=1S/C16H22N2O/c1-3-4-5-16(19)17-9-8-13-11-18-15-7-6-12(2)10-14(13)15/h6-7,10-11,18H,3-5,8-9H2,1-2H3,(H,17,19). The zero-order valence-electron chi connectivity index (χ0n) is 11.8. The van der Waals surface area contributed by atoms with Crippen molar-refractivity contribution >= 4 is 16.8 Å². The number of aromatic nitrogens is 1. The van der Waals surface area contributed by atoms with E-state index in [-0.39, 0.29) is 5.91 Å². The summed E-state index contributed by atoms with van der Waals surface area (Å²) in [4.78, 5) is 14.8. The second-order valence-corrected chi connectivity index (χ2v) is 5.07. The molecular weight excluding hydrogens is 236 g/mol. The summed E-state index contributed by atoms with van der Waals surface area (Å²) in [6.45, 7) is 4.91. The van der Waals surface area contributed by atoms with Crippen LogP contribution in [0.5, 0.6) is 0 Å². The Bertz CT molecular complexity index is 557. The molecule has 3 heteroatoms. The minimum atomic E-state index is 0.165. The molecule has 1 aromatic carbocycles. The highest BCUT2D eigenvalue weighted by Gasteiger charge is 2.05. The average Bonchev–Trinajstić information content (AvgIpc) is 2.79. The summed E-state index contributed by atoms with van der Waals surface area (Å²) < 4.78 is 0. The third kappa shape index (κ3) is 3.60. The maximum atomic E-state index is 11.5. The van der Waals surface area contributed by atoms with E-state index in [1.165, 1.54) is 16.5 Å². The number of carbonyl (C=O) groups excluding carboxylic acids is 1. The molecule has 0 unspecified atom stereocenters. The first kappa shape index (κ1) is 13.7. The molecule has 0 radical (unpaired) electrons. The van der Waals surface area contributed by atoms with Crippen LogP contribution < -0.4 is 5.32 Å². The van der Waals surface area contributed by atoms with Crippen LogP contribution in [0.15, 0.2) is 24.4 Å². The van der Waals surface area contributed by atoms with Gasteiger partial charge in [0.2, 0.25) is 5.91 Å². The lowest BCUT2D eigenvalue weighted by molar-refractivity contribution is -0.121. The van der Waals surface area contributed by atoms with Crippen molar-refractivity contribution in [3.63, 3.8) is 0 Å². The zero-order chi connectivity index (χ0) is 13.7. The van der Waals surface area contributed by atoms with Gasteiger partial charge in [-0.2, -0.15) is 0 Å². The van der Waals surface area contributed by atoms with E-state index in [4.69, 9.17) is 0 Å². The molecule has 2 rings (SSSR count). The summed E-state index contributed by atoms with van der Waals surface area (Å²) in [6.07, 6.45) is 5.60. The molecule has 2 N–H and O–H groups in total. The van der Waals surface area contributed by atoms with E-state index < -0.39 is 0 Å². The summed E-state index contributed by atoms with van der Waals surface area (Å²) in [7, 11) is 0. The minimum absolute atomic E-state index is 0.165. The van der Waals surface area contributed by atoms with Crippen molar-refractivity contribution < 1.29 is 4.79 Å². The number of amides is 1. The summed E-state index contributed by atoms with van der Waals surface area (Å²) in [6, 6.07) is 6.41.